The summed E-state index contributed by atoms with van der Waals surface area (Å²) in [5, 5.41) is 11.6. The lowest BCUT2D eigenvalue weighted by Crippen LogP contribution is -2.31. The molecule has 0 spiro atoms. The zero-order chi connectivity index (χ0) is 17.6. The topological polar surface area (TPSA) is 54.2 Å². The Balaban J connectivity index is 1.89. The van der Waals surface area contributed by atoms with Crippen molar-refractivity contribution in [1.29, 1.82) is 0 Å². The van der Waals surface area contributed by atoms with Crippen LogP contribution in [0.15, 0.2) is 28.7 Å². The van der Waals surface area contributed by atoms with Gasteiger partial charge < -0.3 is 14.6 Å². The largest absolute Gasteiger partial charge is 0.419 e. The molecule has 0 aliphatic carbocycles. The minimum atomic E-state index is 0.146. The molecule has 0 aliphatic heterocycles. The van der Waals surface area contributed by atoms with E-state index in [0.29, 0.717) is 18.3 Å². The number of nitrogens with one attached hydrogen (secondary N) is 1. The molecule has 1 aromatic heterocycles. The van der Waals surface area contributed by atoms with Crippen LogP contribution in [0, 0.1) is 0 Å². The van der Waals surface area contributed by atoms with Gasteiger partial charge in [0.05, 0.1) is 6.54 Å². The normalized spacial score (nSPS) is 12.1. The van der Waals surface area contributed by atoms with Crippen LogP contribution < -0.4 is 5.32 Å². The van der Waals surface area contributed by atoms with Crippen molar-refractivity contribution in [2.45, 2.75) is 46.6 Å². The maximum Gasteiger partial charge on any atom is 0.247 e. The Labute approximate surface area is 145 Å². The zero-order valence-electron chi connectivity index (χ0n) is 15.6. The number of hydrogen-bond donors (Lipinski definition) is 1. The summed E-state index contributed by atoms with van der Waals surface area (Å²) in [6, 6.07) is 8.35. The van der Waals surface area contributed by atoms with Crippen LogP contribution in [-0.2, 0) is 12.0 Å². The Kier molecular flexibility index (Phi) is 6.52. The second kappa shape index (κ2) is 8.40. The lowest BCUT2D eigenvalue weighted by atomic mass is 9.87. The van der Waals surface area contributed by atoms with Crippen molar-refractivity contribution < 1.29 is 4.42 Å². The molecule has 2 rings (SSSR count). The Morgan fingerprint density at radius 1 is 1.04 bits per heavy atom. The second-order valence-corrected chi connectivity index (χ2v) is 7.03. The maximum absolute atomic E-state index is 5.76. The molecule has 0 bridgehead atoms. The van der Waals surface area contributed by atoms with Crippen molar-refractivity contribution >= 4 is 0 Å². The second-order valence-electron chi connectivity index (χ2n) is 7.03. The Hall–Kier alpha value is -1.72. The van der Waals surface area contributed by atoms with Crippen molar-refractivity contribution in [3.05, 3.63) is 35.7 Å². The molecular weight excluding hydrogens is 300 g/mol. The van der Waals surface area contributed by atoms with Gasteiger partial charge in [-0.2, -0.15) is 0 Å². The number of hydrogen-bond acceptors (Lipinski definition) is 5. The van der Waals surface area contributed by atoms with Crippen LogP contribution in [0.25, 0.3) is 11.5 Å². The first-order chi connectivity index (χ1) is 11.4. The highest BCUT2D eigenvalue weighted by atomic mass is 16.4. The van der Waals surface area contributed by atoms with Crippen molar-refractivity contribution in [1.82, 2.24) is 20.4 Å². The van der Waals surface area contributed by atoms with Gasteiger partial charge in [0.1, 0.15) is 0 Å². The molecule has 0 amide bonds. The van der Waals surface area contributed by atoms with Gasteiger partial charge in [-0.3, -0.25) is 0 Å². The van der Waals surface area contributed by atoms with E-state index in [1.54, 1.807) is 0 Å². The van der Waals surface area contributed by atoms with Crippen LogP contribution >= 0.6 is 0 Å². The van der Waals surface area contributed by atoms with Gasteiger partial charge in [-0.05, 0) is 36.2 Å². The summed E-state index contributed by atoms with van der Waals surface area (Å²) in [5.74, 6) is 1.21. The van der Waals surface area contributed by atoms with Gasteiger partial charge in [-0.15, -0.1) is 10.2 Å². The first-order valence-corrected chi connectivity index (χ1v) is 8.80. The minimum Gasteiger partial charge on any atom is -0.419 e. The highest BCUT2D eigenvalue weighted by molar-refractivity contribution is 5.53. The Bertz CT molecular complexity index is 609. The Morgan fingerprint density at radius 3 is 2.29 bits per heavy atom. The summed E-state index contributed by atoms with van der Waals surface area (Å²) in [4.78, 5) is 2.38. The molecule has 5 nitrogen and oxygen atoms in total. The van der Waals surface area contributed by atoms with E-state index in [1.165, 1.54) is 5.56 Å². The predicted octanol–water partition coefficient (Wildman–Crippen LogP) is 3.47. The van der Waals surface area contributed by atoms with E-state index < -0.39 is 0 Å². The monoisotopic (exact) mass is 330 g/mol. The summed E-state index contributed by atoms with van der Waals surface area (Å²) < 4.78 is 5.76. The fourth-order valence-corrected chi connectivity index (χ4v) is 2.53. The maximum atomic E-state index is 5.76. The molecule has 0 saturated carbocycles. The first kappa shape index (κ1) is 18.6. The first-order valence-electron chi connectivity index (χ1n) is 8.80. The number of rotatable bonds is 8. The highest BCUT2D eigenvalue weighted by Gasteiger charge is 2.14. The Morgan fingerprint density at radius 2 is 1.71 bits per heavy atom. The van der Waals surface area contributed by atoms with Gasteiger partial charge in [0, 0.05) is 18.7 Å². The van der Waals surface area contributed by atoms with E-state index in [1.807, 2.05) is 12.1 Å². The van der Waals surface area contributed by atoms with E-state index in [-0.39, 0.29) is 5.41 Å². The van der Waals surface area contributed by atoms with Gasteiger partial charge in [0.25, 0.3) is 0 Å². The van der Waals surface area contributed by atoms with Crippen LogP contribution in [0.2, 0.25) is 0 Å². The molecular formula is C19H30N4O. The third kappa shape index (κ3) is 5.14. The number of benzene rings is 1. The molecule has 2 aromatic rings. The molecule has 132 valence electrons. The highest BCUT2D eigenvalue weighted by Crippen LogP contribution is 2.25. The predicted molar refractivity (Wildman–Crippen MR) is 97.9 cm³/mol. The standard InChI is InChI=1S/C19H30N4O/c1-6-23(7-2)13-12-20-14-17-21-22-18(24-17)15-8-10-16(11-9-15)19(3,4)5/h8-11,20H,6-7,12-14H2,1-5H3. The van der Waals surface area contributed by atoms with E-state index in [9.17, 15) is 0 Å². The molecule has 0 atom stereocenters. The molecule has 24 heavy (non-hydrogen) atoms. The van der Waals surface area contributed by atoms with Crippen LogP contribution in [0.3, 0.4) is 0 Å². The van der Waals surface area contributed by atoms with Crippen LogP contribution in [-0.4, -0.2) is 41.3 Å². The van der Waals surface area contributed by atoms with E-state index in [0.717, 1.165) is 31.7 Å². The van der Waals surface area contributed by atoms with Crippen molar-refractivity contribution in [2.75, 3.05) is 26.2 Å². The lowest BCUT2D eigenvalue weighted by Gasteiger charge is -2.18. The SMILES string of the molecule is CCN(CC)CCNCc1nnc(-c2ccc(C(C)(C)C)cc2)o1. The quantitative estimate of drug-likeness (QED) is 0.751. The van der Waals surface area contributed by atoms with Crippen LogP contribution in [0.5, 0.6) is 0 Å². The molecule has 0 aliphatic rings. The average Bonchev–Trinajstić information content (AvgIpc) is 3.03. The zero-order valence-corrected chi connectivity index (χ0v) is 15.6. The van der Waals surface area contributed by atoms with Gasteiger partial charge in [0.2, 0.25) is 11.8 Å². The third-order valence-corrected chi connectivity index (χ3v) is 4.24. The van der Waals surface area contributed by atoms with E-state index in [2.05, 4.69) is 67.2 Å². The smallest absolute Gasteiger partial charge is 0.247 e. The fourth-order valence-electron chi connectivity index (χ4n) is 2.53. The van der Waals surface area contributed by atoms with Gasteiger partial charge in [-0.25, -0.2) is 0 Å². The molecule has 0 radical (unpaired) electrons. The van der Waals surface area contributed by atoms with Crippen molar-refractivity contribution in [3.63, 3.8) is 0 Å². The molecule has 1 aromatic carbocycles. The van der Waals surface area contributed by atoms with Crippen molar-refractivity contribution in [3.8, 4) is 11.5 Å². The van der Waals surface area contributed by atoms with Crippen LogP contribution in [0.4, 0.5) is 0 Å². The number of nitrogens with zero attached hydrogens (tertiary/aromatic N) is 3. The van der Waals surface area contributed by atoms with Crippen LogP contribution in [0.1, 0.15) is 46.1 Å². The van der Waals surface area contributed by atoms with Crippen molar-refractivity contribution in [2.24, 2.45) is 0 Å². The van der Waals surface area contributed by atoms with Gasteiger partial charge >= 0.3 is 0 Å². The molecule has 1 N–H and O–H groups in total. The average molecular weight is 330 g/mol. The third-order valence-electron chi connectivity index (χ3n) is 4.24. The fraction of sp³-hybridized carbons (Fsp3) is 0.579. The van der Waals surface area contributed by atoms with E-state index >= 15 is 0 Å². The molecule has 0 saturated heterocycles. The summed E-state index contributed by atoms with van der Waals surface area (Å²) in [7, 11) is 0. The molecule has 5 heteroatoms. The molecule has 1 heterocycles. The molecule has 0 unspecified atom stereocenters. The summed E-state index contributed by atoms with van der Waals surface area (Å²) in [5.41, 5.74) is 2.40. The summed E-state index contributed by atoms with van der Waals surface area (Å²) in [6.07, 6.45) is 0. The van der Waals surface area contributed by atoms with Gasteiger partial charge in [0.15, 0.2) is 0 Å². The number of aromatic nitrogens is 2. The van der Waals surface area contributed by atoms with E-state index in [4.69, 9.17) is 4.42 Å². The molecule has 0 fully saturated rings. The number of likely N-dealkylation sites (N-methyl/N-ethyl adjacent to an activating group) is 1. The summed E-state index contributed by atoms with van der Waals surface area (Å²) >= 11 is 0. The van der Waals surface area contributed by atoms with Gasteiger partial charge in [-0.1, -0.05) is 46.8 Å². The minimum absolute atomic E-state index is 0.146. The lowest BCUT2D eigenvalue weighted by molar-refractivity contribution is 0.300. The summed E-state index contributed by atoms with van der Waals surface area (Å²) in [6.45, 7) is 15.7.